The number of carbonyl (C=O) groups is 2. The molecular weight excluding hydrogens is 623 g/mol. The van der Waals surface area contributed by atoms with Crippen molar-refractivity contribution in [2.24, 2.45) is 17.8 Å². The van der Waals surface area contributed by atoms with Crippen LogP contribution in [0.25, 0.3) is 22.5 Å². The van der Waals surface area contributed by atoms with Gasteiger partial charge >= 0.3 is 6.18 Å². The number of nitrogens with zero attached hydrogens (tertiary/aromatic N) is 3. The van der Waals surface area contributed by atoms with Gasteiger partial charge in [-0.25, -0.2) is 8.78 Å². The number of ether oxygens (including phenoxy) is 1. The highest BCUT2D eigenvalue weighted by atomic mass is 19.4. The summed E-state index contributed by atoms with van der Waals surface area (Å²) in [7, 11) is 1.39. The second-order valence-corrected chi connectivity index (χ2v) is 11.8. The van der Waals surface area contributed by atoms with Gasteiger partial charge in [0.05, 0.1) is 24.2 Å². The van der Waals surface area contributed by atoms with Gasteiger partial charge in [0.2, 0.25) is 11.7 Å². The van der Waals surface area contributed by atoms with Crippen molar-refractivity contribution < 1.29 is 36.3 Å². The summed E-state index contributed by atoms with van der Waals surface area (Å²) < 4.78 is 74.5. The van der Waals surface area contributed by atoms with Crippen LogP contribution in [0.5, 0.6) is 5.75 Å². The summed E-state index contributed by atoms with van der Waals surface area (Å²) in [6, 6.07) is 10.5. The molecule has 1 aromatic heterocycles. The second kappa shape index (κ2) is 12.2. The van der Waals surface area contributed by atoms with Crippen LogP contribution >= 0.6 is 0 Å². The van der Waals surface area contributed by atoms with Gasteiger partial charge in [-0.15, -0.1) is 10.2 Å². The first-order valence-electron chi connectivity index (χ1n) is 14.7. The molecule has 2 fully saturated rings. The smallest absolute Gasteiger partial charge is 0.419 e. The number of hydrogen-bond acceptors (Lipinski definition) is 6. The number of rotatable bonds is 7. The number of tetrazole rings is 1. The van der Waals surface area contributed by atoms with E-state index in [2.05, 4.69) is 31.3 Å². The number of fused-ring (bicyclic) bond motifs is 2. The Balaban J connectivity index is 1.32. The minimum absolute atomic E-state index is 0.0865. The summed E-state index contributed by atoms with van der Waals surface area (Å²) in [4.78, 5) is 27.7. The van der Waals surface area contributed by atoms with E-state index >= 15 is 4.39 Å². The number of aromatic amines is 1. The van der Waals surface area contributed by atoms with E-state index in [1.807, 2.05) is 13.8 Å². The Morgan fingerprint density at radius 1 is 0.936 bits per heavy atom. The predicted molar refractivity (Wildman–Crippen MR) is 161 cm³/mol. The first kappa shape index (κ1) is 31.8. The molecule has 1 heterocycles. The molecule has 0 saturated heterocycles. The lowest BCUT2D eigenvalue weighted by atomic mass is 9.83. The third-order valence-electron chi connectivity index (χ3n) is 8.88. The molecule has 4 aromatic rings. The largest absolute Gasteiger partial charge is 0.496 e. The summed E-state index contributed by atoms with van der Waals surface area (Å²) in [6.45, 7) is 3.83. The molecule has 6 rings (SSSR count). The number of halogens is 5. The highest BCUT2D eigenvalue weighted by Crippen LogP contribution is 2.54. The maximum absolute atomic E-state index is 15.1. The number of benzene rings is 3. The zero-order valence-electron chi connectivity index (χ0n) is 25.4. The van der Waals surface area contributed by atoms with Crippen LogP contribution in [0.3, 0.4) is 0 Å². The topological polar surface area (TPSA) is 122 Å². The molecule has 3 N–H and O–H groups in total. The molecule has 0 spiro atoms. The fourth-order valence-corrected chi connectivity index (χ4v) is 6.97. The Bertz CT molecular complexity index is 1890. The van der Waals surface area contributed by atoms with Crippen LogP contribution in [0.2, 0.25) is 0 Å². The number of aromatic nitrogens is 4. The minimum Gasteiger partial charge on any atom is -0.496 e. The lowest BCUT2D eigenvalue weighted by Crippen LogP contribution is -2.48. The van der Waals surface area contributed by atoms with Gasteiger partial charge in [-0.2, -0.15) is 18.4 Å². The van der Waals surface area contributed by atoms with Crippen LogP contribution in [0, 0.1) is 29.4 Å². The number of anilines is 1. The van der Waals surface area contributed by atoms with Gasteiger partial charge in [-0.3, -0.25) is 9.59 Å². The van der Waals surface area contributed by atoms with Crippen LogP contribution in [0.1, 0.15) is 42.6 Å². The molecule has 47 heavy (non-hydrogen) atoms. The SMILES string of the molecule is COc1ccc(-c2cc(-c3nn[nH]n3)ccc2F)cc1C(=O)N[C@@H]1C2CCC(C2=C(C)C)[C@@H]1C(=O)Nc1ccc(F)c(C(F)(F)F)c1. The maximum atomic E-state index is 15.1. The third-order valence-corrected chi connectivity index (χ3v) is 8.88. The average Bonchev–Trinajstić information content (AvgIpc) is 3.78. The molecule has 9 nitrogen and oxygen atoms in total. The van der Waals surface area contributed by atoms with Crippen LogP contribution in [0.15, 0.2) is 65.7 Å². The number of carbonyl (C=O) groups excluding carboxylic acids is 2. The summed E-state index contributed by atoms with van der Waals surface area (Å²) >= 11 is 0. The number of H-pyrrole nitrogens is 1. The number of methoxy groups -OCH3 is 1. The van der Waals surface area contributed by atoms with Crippen molar-refractivity contribution in [1.82, 2.24) is 25.9 Å². The van der Waals surface area contributed by atoms with Gasteiger partial charge in [0, 0.05) is 28.8 Å². The number of allylic oxidation sites excluding steroid dienone is 1. The van der Waals surface area contributed by atoms with Gasteiger partial charge < -0.3 is 15.4 Å². The van der Waals surface area contributed by atoms with Crippen LogP contribution in [0.4, 0.5) is 27.6 Å². The summed E-state index contributed by atoms with van der Waals surface area (Å²) in [5.41, 5.74) is 1.41. The average molecular weight is 653 g/mol. The van der Waals surface area contributed by atoms with Crippen molar-refractivity contribution >= 4 is 17.5 Å². The van der Waals surface area contributed by atoms with Crippen LogP contribution in [-0.2, 0) is 11.0 Å². The highest BCUT2D eigenvalue weighted by molar-refractivity contribution is 6.00. The van der Waals surface area contributed by atoms with E-state index < -0.39 is 47.1 Å². The van der Waals surface area contributed by atoms with Gasteiger partial charge in [0.1, 0.15) is 17.4 Å². The summed E-state index contributed by atoms with van der Waals surface area (Å²) in [5, 5.41) is 19.3. The molecule has 0 aliphatic heterocycles. The molecule has 244 valence electrons. The molecule has 2 bridgehead atoms. The molecule has 3 aromatic carbocycles. The van der Waals surface area contributed by atoms with Gasteiger partial charge in [0.15, 0.2) is 0 Å². The van der Waals surface area contributed by atoms with Crippen molar-refractivity contribution in [2.75, 3.05) is 12.4 Å². The third kappa shape index (κ3) is 5.95. The van der Waals surface area contributed by atoms with Gasteiger partial charge in [0.25, 0.3) is 5.91 Å². The Kier molecular flexibility index (Phi) is 8.28. The van der Waals surface area contributed by atoms with Gasteiger partial charge in [-0.05, 0) is 91.9 Å². The number of alkyl halides is 3. The van der Waals surface area contributed by atoms with Crippen molar-refractivity contribution in [3.63, 3.8) is 0 Å². The lowest BCUT2D eigenvalue weighted by molar-refractivity contribution is -0.140. The van der Waals surface area contributed by atoms with E-state index in [1.165, 1.54) is 37.4 Å². The molecule has 0 radical (unpaired) electrons. The van der Waals surface area contributed by atoms with Crippen LogP contribution < -0.4 is 15.4 Å². The Labute approximate surface area is 265 Å². The quantitative estimate of drug-likeness (QED) is 0.153. The minimum atomic E-state index is -4.95. The molecular formula is C33H29F5N6O3. The fraction of sp³-hybridized carbons (Fsp3) is 0.303. The maximum Gasteiger partial charge on any atom is 0.419 e. The predicted octanol–water partition coefficient (Wildman–Crippen LogP) is 6.57. The fourth-order valence-electron chi connectivity index (χ4n) is 6.97. The Morgan fingerprint density at radius 2 is 1.66 bits per heavy atom. The number of hydrogen-bond donors (Lipinski definition) is 3. The molecule has 2 saturated carbocycles. The van der Waals surface area contributed by atoms with Gasteiger partial charge in [-0.1, -0.05) is 17.2 Å². The van der Waals surface area contributed by atoms with E-state index in [4.69, 9.17) is 4.74 Å². The van der Waals surface area contributed by atoms with E-state index in [0.717, 1.165) is 17.2 Å². The van der Waals surface area contributed by atoms with E-state index in [0.29, 0.717) is 36.1 Å². The molecule has 14 heteroatoms. The van der Waals surface area contributed by atoms with E-state index in [1.54, 1.807) is 6.07 Å². The van der Waals surface area contributed by atoms with E-state index in [9.17, 15) is 27.2 Å². The highest BCUT2D eigenvalue weighted by Gasteiger charge is 2.55. The standard InChI is InChI=1S/C33H29F5N6O3/c1-15(2)27-19-7-8-20(27)29(28(19)32(46)39-18-6-10-25(35)23(14-18)33(36,37)38)40-31(45)22-12-16(5-11-26(22)47-3)21-13-17(4-9-24(21)34)30-41-43-44-42-30/h4-6,9-14,19-20,28-29H,7-8H2,1-3H3,(H,39,46)(H,40,45)(H,41,42,43,44)/t19?,20?,28-,29+/m0/s1. The number of nitrogens with one attached hydrogen (secondary N) is 3. The molecule has 2 amide bonds. The van der Waals surface area contributed by atoms with Crippen LogP contribution in [-0.4, -0.2) is 45.6 Å². The summed E-state index contributed by atoms with van der Waals surface area (Å²) in [5.74, 6) is -3.99. The number of amides is 2. The Hall–Kier alpha value is -5.14. The monoisotopic (exact) mass is 652 g/mol. The molecule has 2 aliphatic rings. The first-order valence-corrected chi connectivity index (χ1v) is 14.7. The zero-order chi connectivity index (χ0) is 33.6. The Morgan fingerprint density at radius 3 is 2.34 bits per heavy atom. The van der Waals surface area contributed by atoms with Crippen molar-refractivity contribution in [2.45, 2.75) is 38.9 Å². The summed E-state index contributed by atoms with van der Waals surface area (Å²) in [6.07, 6.45) is -3.60. The molecule has 4 atom stereocenters. The van der Waals surface area contributed by atoms with Crippen molar-refractivity contribution in [3.8, 4) is 28.3 Å². The second-order valence-electron chi connectivity index (χ2n) is 11.8. The van der Waals surface area contributed by atoms with Crippen molar-refractivity contribution in [1.29, 1.82) is 0 Å². The lowest BCUT2D eigenvalue weighted by Gasteiger charge is -2.30. The first-order chi connectivity index (χ1) is 22.4. The zero-order valence-corrected chi connectivity index (χ0v) is 25.4. The molecule has 2 unspecified atom stereocenters. The van der Waals surface area contributed by atoms with E-state index in [-0.39, 0.29) is 40.2 Å². The van der Waals surface area contributed by atoms with Crippen molar-refractivity contribution in [3.05, 3.63) is 88.5 Å². The normalized spacial score (nSPS) is 20.3. The molecule has 2 aliphatic carbocycles.